The Hall–Kier alpha value is -10.6. The number of carboxylic acid groups (broad SMARTS) is 3. The molecule has 34 heteroatoms. The molecule has 99 heavy (non-hydrogen) atoms. The molecule has 0 bridgehead atoms. The van der Waals surface area contributed by atoms with Gasteiger partial charge >= 0.3 is 17.9 Å². The van der Waals surface area contributed by atoms with Crippen LogP contribution in [0.15, 0.2) is 77.8 Å². The number of aliphatic hydroxyl groups excluding tert-OH is 1. The van der Waals surface area contributed by atoms with E-state index in [1.54, 1.807) is 13.8 Å². The maximum Gasteiger partial charge on any atom is 0.326 e. The second kappa shape index (κ2) is 40.2. The zero-order valence-corrected chi connectivity index (χ0v) is 55.4. The molecule has 1 heterocycles. The van der Waals surface area contributed by atoms with Crippen molar-refractivity contribution in [2.45, 2.75) is 172 Å². The van der Waals surface area contributed by atoms with E-state index >= 15 is 0 Å². The Bertz CT molecular complexity index is 3310. The first-order valence-corrected chi connectivity index (χ1v) is 32.2. The van der Waals surface area contributed by atoms with Crippen LogP contribution in [-0.2, 0) is 81.6 Å². The van der Waals surface area contributed by atoms with Gasteiger partial charge in [-0.15, -0.1) is 0 Å². The standard InChI is InChI=1S/C65H92N14O20/c1-34(2)27-42(66)63(97)79-26-6-8-51(79)62(96)77-46(28-35(3)4)58(92)72-44(22-24-54(87)88)57(91)76-49(31-38-13-19-41(83)20-14-38)60(94)78-50(33-80)61(95)74-47(29-36-9-15-39(81)16-10-36)55(89)70-32-52(84)71-43(21-23-53(85)86)56(90)75-48(30-37-11-17-40(82)18-12-37)59(93)73-45(64(98)99)7-5-25-69-65(67)68/h9-20,34-35,42-51,80-83H,5-8,21-33,66H2,1-4H3,(H,70,89)(H,71,84)(H,72,92)(H,73,93)(H,74,95)(H,75,90)(H,76,91)(H,77,96)(H,78,94)(H,85,86)(H,87,88)(H,98,99)(H4,67,68,69)/t42-,43-,44-,45-,46-,47-,48-,49-,50-,51-/m0/s1. The highest BCUT2D eigenvalue weighted by atomic mass is 16.4. The molecule has 0 aromatic heterocycles. The van der Waals surface area contributed by atoms with Crippen LogP contribution in [0.5, 0.6) is 17.2 Å². The molecule has 1 saturated heterocycles. The molecular formula is C65H92N14O20. The summed E-state index contributed by atoms with van der Waals surface area (Å²) in [5.74, 6) is -15.1. The summed E-state index contributed by atoms with van der Waals surface area (Å²) in [7, 11) is 0. The van der Waals surface area contributed by atoms with Crippen molar-refractivity contribution in [2.24, 2.45) is 34.0 Å². The summed E-state index contributed by atoms with van der Waals surface area (Å²) in [4.78, 5) is 181. The predicted octanol–water partition coefficient (Wildman–Crippen LogP) is -2.90. The Labute approximate surface area is 570 Å². The number of hydrogen-bond donors (Lipinski definition) is 19. The summed E-state index contributed by atoms with van der Waals surface area (Å²) in [6, 6.07) is 0.878. The van der Waals surface area contributed by atoms with Gasteiger partial charge in [-0.05, 0) is 116 Å². The van der Waals surface area contributed by atoms with Crippen molar-refractivity contribution in [1.82, 2.24) is 52.8 Å². The fraction of sp³-hybridized carbons (Fsp3) is 0.508. The number of carboxylic acids is 3. The number of nitrogens with zero attached hydrogens (tertiary/aromatic N) is 2. The number of rotatable bonds is 41. The van der Waals surface area contributed by atoms with Crippen molar-refractivity contribution >= 4 is 82.9 Å². The predicted molar refractivity (Wildman–Crippen MR) is 354 cm³/mol. The summed E-state index contributed by atoms with van der Waals surface area (Å²) >= 11 is 0. The number of aromatic hydroxyl groups is 3. The Morgan fingerprint density at radius 2 is 0.899 bits per heavy atom. The Balaban J connectivity index is 1.57. The van der Waals surface area contributed by atoms with Gasteiger partial charge in [0, 0.05) is 45.2 Å². The van der Waals surface area contributed by atoms with Crippen LogP contribution < -0.4 is 65.1 Å². The molecule has 1 aliphatic heterocycles. The van der Waals surface area contributed by atoms with E-state index in [0.29, 0.717) is 29.5 Å². The van der Waals surface area contributed by atoms with E-state index in [1.165, 1.54) is 77.7 Å². The number of aliphatic hydroxyl groups is 1. The van der Waals surface area contributed by atoms with Crippen LogP contribution in [-0.4, -0.2) is 210 Å². The minimum Gasteiger partial charge on any atom is -0.508 e. The number of benzene rings is 3. The molecule has 3 aromatic carbocycles. The van der Waals surface area contributed by atoms with Crippen LogP contribution in [0.25, 0.3) is 0 Å². The molecule has 4 rings (SSSR count). The van der Waals surface area contributed by atoms with Gasteiger partial charge < -0.3 is 106 Å². The average Bonchev–Trinajstić information content (AvgIpc) is 1.79. The van der Waals surface area contributed by atoms with Crippen molar-refractivity contribution in [1.29, 1.82) is 0 Å². The van der Waals surface area contributed by atoms with Crippen LogP contribution in [0.1, 0.15) is 109 Å². The average molecular weight is 1390 g/mol. The van der Waals surface area contributed by atoms with Crippen molar-refractivity contribution in [3.05, 3.63) is 89.5 Å². The van der Waals surface area contributed by atoms with E-state index in [2.05, 4.69) is 52.8 Å². The second-order valence-corrected chi connectivity index (χ2v) is 24.8. The number of phenols is 3. The third-order valence-corrected chi connectivity index (χ3v) is 15.6. The van der Waals surface area contributed by atoms with Gasteiger partial charge in [-0.1, -0.05) is 64.1 Å². The minimum absolute atomic E-state index is 0.0121. The van der Waals surface area contributed by atoms with Crippen LogP contribution in [0, 0.1) is 11.8 Å². The summed E-state index contributed by atoms with van der Waals surface area (Å²) in [5, 5.41) is 91.6. The number of aliphatic carboxylic acids is 3. The number of nitrogens with two attached hydrogens (primary N) is 3. The van der Waals surface area contributed by atoms with Crippen LogP contribution in [0.3, 0.4) is 0 Å². The molecular weight excluding hydrogens is 1300 g/mol. The zero-order chi connectivity index (χ0) is 73.6. The Kier molecular flexibility index (Phi) is 32.8. The topological polar surface area (TPSA) is 565 Å². The molecule has 0 saturated carbocycles. The lowest BCUT2D eigenvalue weighted by atomic mass is 10.0. The van der Waals surface area contributed by atoms with Gasteiger partial charge in [0.25, 0.3) is 0 Å². The number of carbonyl (C=O) groups is 13. The number of carbonyl (C=O) groups excluding carboxylic acids is 10. The minimum atomic E-state index is -1.94. The van der Waals surface area contributed by atoms with Crippen LogP contribution >= 0.6 is 0 Å². The lowest BCUT2D eigenvalue weighted by molar-refractivity contribution is -0.142. The molecule has 1 aliphatic rings. The van der Waals surface area contributed by atoms with Crippen molar-refractivity contribution < 1.29 is 98.1 Å². The Morgan fingerprint density at radius 3 is 1.32 bits per heavy atom. The summed E-state index contributed by atoms with van der Waals surface area (Å²) < 4.78 is 0. The molecule has 3 aromatic rings. The molecule has 34 nitrogen and oxygen atoms in total. The third kappa shape index (κ3) is 28.5. The molecule has 1 fully saturated rings. The first-order valence-electron chi connectivity index (χ1n) is 32.2. The highest BCUT2D eigenvalue weighted by Crippen LogP contribution is 2.22. The van der Waals surface area contributed by atoms with Gasteiger partial charge in [0.1, 0.15) is 71.6 Å². The number of nitrogens with one attached hydrogen (secondary N) is 9. The van der Waals surface area contributed by atoms with E-state index in [-0.39, 0.29) is 80.2 Å². The van der Waals surface area contributed by atoms with Crippen LogP contribution in [0.2, 0.25) is 0 Å². The van der Waals surface area contributed by atoms with E-state index in [0.717, 1.165) is 0 Å². The monoisotopic (exact) mass is 1390 g/mol. The first-order chi connectivity index (χ1) is 46.7. The molecule has 10 atom stereocenters. The SMILES string of the molecule is CC(C)C[C@H](NC(=O)[C@@H]1CCCN1C(=O)[C@@H](N)CC(C)C)C(=O)N[C@@H](CCC(=O)O)C(=O)N[C@@H](Cc1ccc(O)cc1)C(=O)N[C@@H](CO)C(=O)N[C@@H](Cc1ccc(O)cc1)C(=O)NCC(=O)N[C@@H](CCC(=O)O)C(=O)N[C@@H](Cc1ccc(O)cc1)C(=O)N[C@@H](CCCN=C(N)N)C(=O)O. The lowest BCUT2D eigenvalue weighted by Crippen LogP contribution is -2.61. The third-order valence-electron chi connectivity index (χ3n) is 15.6. The van der Waals surface area contributed by atoms with Gasteiger partial charge in [0.05, 0.1) is 19.2 Å². The maximum absolute atomic E-state index is 14.4. The highest BCUT2D eigenvalue weighted by Gasteiger charge is 2.40. The molecule has 22 N–H and O–H groups in total. The van der Waals surface area contributed by atoms with E-state index < -0.39 is 189 Å². The fourth-order valence-electron chi connectivity index (χ4n) is 10.5. The molecule has 0 unspecified atom stereocenters. The number of likely N-dealkylation sites (tertiary alicyclic amines) is 1. The van der Waals surface area contributed by atoms with Crippen LogP contribution in [0.4, 0.5) is 0 Å². The van der Waals surface area contributed by atoms with E-state index in [4.69, 9.17) is 17.2 Å². The quantitative estimate of drug-likeness (QED) is 0.0154. The Morgan fingerprint density at radius 1 is 0.505 bits per heavy atom. The smallest absolute Gasteiger partial charge is 0.326 e. The first kappa shape index (κ1) is 80.8. The number of guanidine groups is 1. The molecule has 0 spiro atoms. The molecule has 0 aliphatic carbocycles. The highest BCUT2D eigenvalue weighted by molar-refractivity contribution is 5.99. The van der Waals surface area contributed by atoms with E-state index in [9.17, 15) is 98.1 Å². The van der Waals surface area contributed by atoms with Gasteiger partial charge in [0.15, 0.2) is 5.96 Å². The van der Waals surface area contributed by atoms with Gasteiger partial charge in [-0.3, -0.25) is 62.5 Å². The van der Waals surface area contributed by atoms with Gasteiger partial charge in [0.2, 0.25) is 59.1 Å². The van der Waals surface area contributed by atoms with Gasteiger partial charge in [-0.25, -0.2) is 4.79 Å². The normalized spacial score (nSPS) is 15.4. The largest absolute Gasteiger partial charge is 0.508 e. The molecule has 10 amide bonds. The number of aliphatic imine (C=N–C) groups is 1. The second-order valence-electron chi connectivity index (χ2n) is 24.8. The number of hydrogen-bond acceptors (Lipinski definition) is 19. The van der Waals surface area contributed by atoms with Gasteiger partial charge in [-0.2, -0.15) is 0 Å². The van der Waals surface area contributed by atoms with Crippen molar-refractivity contribution in [2.75, 3.05) is 26.2 Å². The molecule has 542 valence electrons. The van der Waals surface area contributed by atoms with Crippen molar-refractivity contribution in [3.63, 3.8) is 0 Å². The number of phenolic OH excluding ortho intramolecular Hbond substituents is 3. The fourth-order valence-corrected chi connectivity index (χ4v) is 10.5. The number of amides is 10. The summed E-state index contributed by atoms with van der Waals surface area (Å²) in [6.45, 7) is 5.42. The summed E-state index contributed by atoms with van der Waals surface area (Å²) in [5.41, 5.74) is 17.9. The lowest BCUT2D eigenvalue weighted by Gasteiger charge is -2.30. The summed E-state index contributed by atoms with van der Waals surface area (Å²) in [6.07, 6.45) is -2.61. The van der Waals surface area contributed by atoms with Crippen molar-refractivity contribution in [3.8, 4) is 17.2 Å². The maximum atomic E-state index is 14.4. The zero-order valence-electron chi connectivity index (χ0n) is 55.4. The molecule has 0 radical (unpaired) electrons. The van der Waals surface area contributed by atoms with E-state index in [1.807, 2.05) is 13.8 Å².